The van der Waals surface area contributed by atoms with Gasteiger partial charge < -0.3 is 15.4 Å². The van der Waals surface area contributed by atoms with Crippen LogP contribution in [0.4, 0.5) is 18.9 Å². The molecule has 0 atom stereocenters. The number of anilines is 1. The number of amides is 2. The molecule has 0 bridgehead atoms. The fourth-order valence-corrected chi connectivity index (χ4v) is 2.64. The number of benzene rings is 3. The van der Waals surface area contributed by atoms with E-state index < -0.39 is 41.5 Å². The van der Waals surface area contributed by atoms with E-state index in [1.807, 2.05) is 42.5 Å². The van der Waals surface area contributed by atoms with Crippen LogP contribution in [0.2, 0.25) is 0 Å². The van der Waals surface area contributed by atoms with Crippen LogP contribution in [0.1, 0.15) is 0 Å². The van der Waals surface area contributed by atoms with Crippen molar-refractivity contribution < 1.29 is 27.5 Å². The Labute approximate surface area is 170 Å². The number of hydrogen-bond donors (Lipinski definition) is 2. The van der Waals surface area contributed by atoms with Gasteiger partial charge in [-0.2, -0.15) is 0 Å². The van der Waals surface area contributed by atoms with Gasteiger partial charge in [0.25, 0.3) is 5.91 Å². The summed E-state index contributed by atoms with van der Waals surface area (Å²) in [4.78, 5) is 23.8. The third-order valence-corrected chi connectivity index (χ3v) is 4.09. The topological polar surface area (TPSA) is 67.4 Å². The Kier molecular flexibility index (Phi) is 6.69. The molecule has 0 saturated heterocycles. The van der Waals surface area contributed by atoms with Crippen LogP contribution >= 0.6 is 0 Å². The van der Waals surface area contributed by atoms with Crippen LogP contribution < -0.4 is 15.4 Å². The van der Waals surface area contributed by atoms with E-state index in [-0.39, 0.29) is 6.61 Å². The first kappa shape index (κ1) is 20.9. The normalized spacial score (nSPS) is 10.4. The second-order valence-electron chi connectivity index (χ2n) is 6.20. The first-order valence-electron chi connectivity index (χ1n) is 8.93. The monoisotopic (exact) mass is 414 g/mol. The van der Waals surface area contributed by atoms with Crippen molar-refractivity contribution in [2.75, 3.05) is 18.5 Å². The molecule has 0 aliphatic carbocycles. The second kappa shape index (κ2) is 9.60. The highest BCUT2D eigenvalue weighted by Gasteiger charge is 2.16. The molecule has 2 amide bonds. The standard InChI is InChI=1S/C22H17F3N2O3/c23-16-10-11-17(22(25)21(16)24)27-19(28)12-26-20(29)13-30-18-9-5-4-8-15(18)14-6-2-1-3-7-14/h1-11H,12-13H2,(H,26,29)(H,27,28). The molecule has 0 radical (unpaired) electrons. The average molecular weight is 414 g/mol. The molecule has 0 unspecified atom stereocenters. The van der Waals surface area contributed by atoms with E-state index in [1.54, 1.807) is 12.1 Å². The maximum Gasteiger partial charge on any atom is 0.258 e. The number of halogens is 3. The van der Waals surface area contributed by atoms with Gasteiger partial charge in [0.05, 0.1) is 12.2 Å². The molecule has 0 saturated carbocycles. The van der Waals surface area contributed by atoms with Crippen LogP contribution in [-0.4, -0.2) is 25.0 Å². The lowest BCUT2D eigenvalue weighted by molar-refractivity contribution is -0.125. The van der Waals surface area contributed by atoms with Gasteiger partial charge in [-0.1, -0.05) is 48.5 Å². The molecular formula is C22H17F3N2O3. The van der Waals surface area contributed by atoms with Gasteiger partial charge in [-0.05, 0) is 23.8 Å². The highest BCUT2D eigenvalue weighted by atomic mass is 19.2. The highest BCUT2D eigenvalue weighted by molar-refractivity contribution is 5.94. The molecule has 3 aromatic rings. The Morgan fingerprint density at radius 2 is 1.50 bits per heavy atom. The summed E-state index contributed by atoms with van der Waals surface area (Å²) in [6.07, 6.45) is 0. The lowest BCUT2D eigenvalue weighted by Gasteiger charge is -2.12. The number of para-hydroxylation sites is 1. The first-order chi connectivity index (χ1) is 14.5. The first-order valence-corrected chi connectivity index (χ1v) is 8.93. The molecule has 3 aromatic carbocycles. The Morgan fingerprint density at radius 1 is 0.800 bits per heavy atom. The average Bonchev–Trinajstić information content (AvgIpc) is 2.77. The van der Waals surface area contributed by atoms with E-state index in [1.165, 1.54) is 0 Å². The van der Waals surface area contributed by atoms with Gasteiger partial charge in [0, 0.05) is 5.56 Å². The SMILES string of the molecule is O=C(COc1ccccc1-c1ccccc1)NCC(=O)Nc1ccc(F)c(F)c1F. The van der Waals surface area contributed by atoms with Gasteiger partial charge in [0.15, 0.2) is 24.1 Å². The van der Waals surface area contributed by atoms with Crippen molar-refractivity contribution in [2.24, 2.45) is 0 Å². The Balaban J connectivity index is 1.53. The minimum Gasteiger partial charge on any atom is -0.483 e. The second-order valence-corrected chi connectivity index (χ2v) is 6.20. The maximum absolute atomic E-state index is 13.6. The molecule has 0 fully saturated rings. The van der Waals surface area contributed by atoms with E-state index in [2.05, 4.69) is 10.6 Å². The molecule has 0 aliphatic heterocycles. The molecule has 2 N–H and O–H groups in total. The number of carbonyl (C=O) groups excluding carboxylic acids is 2. The predicted octanol–water partition coefficient (Wildman–Crippen LogP) is 3.90. The van der Waals surface area contributed by atoms with E-state index in [9.17, 15) is 22.8 Å². The van der Waals surface area contributed by atoms with E-state index in [0.717, 1.165) is 17.2 Å². The number of nitrogens with one attached hydrogen (secondary N) is 2. The van der Waals surface area contributed by atoms with Crippen molar-refractivity contribution in [1.82, 2.24) is 5.32 Å². The minimum absolute atomic E-state index is 0.351. The fourth-order valence-electron chi connectivity index (χ4n) is 2.64. The zero-order valence-corrected chi connectivity index (χ0v) is 15.6. The smallest absolute Gasteiger partial charge is 0.258 e. The lowest BCUT2D eigenvalue weighted by atomic mass is 10.1. The van der Waals surface area contributed by atoms with Gasteiger partial charge in [0.2, 0.25) is 5.91 Å². The minimum atomic E-state index is -1.69. The number of ether oxygens (including phenoxy) is 1. The van der Waals surface area contributed by atoms with Gasteiger partial charge in [-0.3, -0.25) is 9.59 Å². The summed E-state index contributed by atoms with van der Waals surface area (Å²) >= 11 is 0. The molecule has 5 nitrogen and oxygen atoms in total. The zero-order valence-electron chi connectivity index (χ0n) is 15.6. The molecule has 0 heterocycles. The van der Waals surface area contributed by atoms with Gasteiger partial charge in [0.1, 0.15) is 5.75 Å². The van der Waals surface area contributed by atoms with Crippen molar-refractivity contribution in [1.29, 1.82) is 0 Å². The molecule has 154 valence electrons. The molecule has 0 spiro atoms. The molecular weight excluding hydrogens is 397 g/mol. The summed E-state index contributed by atoms with van der Waals surface area (Å²) < 4.78 is 45.2. The Hall–Kier alpha value is -3.81. The van der Waals surface area contributed by atoms with Crippen LogP contribution in [0.3, 0.4) is 0 Å². The summed E-state index contributed by atoms with van der Waals surface area (Å²) in [6.45, 7) is -0.850. The van der Waals surface area contributed by atoms with Crippen molar-refractivity contribution in [2.45, 2.75) is 0 Å². The maximum atomic E-state index is 13.6. The third-order valence-electron chi connectivity index (χ3n) is 4.09. The van der Waals surface area contributed by atoms with Crippen LogP contribution in [-0.2, 0) is 9.59 Å². The quantitative estimate of drug-likeness (QED) is 0.576. The highest BCUT2D eigenvalue weighted by Crippen LogP contribution is 2.29. The van der Waals surface area contributed by atoms with Crippen LogP contribution in [0.25, 0.3) is 11.1 Å². The van der Waals surface area contributed by atoms with Crippen molar-refractivity contribution in [3.63, 3.8) is 0 Å². The third kappa shape index (κ3) is 5.16. The van der Waals surface area contributed by atoms with Crippen molar-refractivity contribution in [3.05, 3.63) is 84.2 Å². The molecule has 3 rings (SSSR count). The predicted molar refractivity (Wildman–Crippen MR) is 105 cm³/mol. The molecule has 0 aromatic heterocycles. The Bertz CT molecular complexity index is 1060. The summed E-state index contributed by atoms with van der Waals surface area (Å²) in [5.41, 5.74) is 1.19. The number of hydrogen-bond acceptors (Lipinski definition) is 3. The molecule has 8 heteroatoms. The zero-order chi connectivity index (χ0) is 21.5. The van der Waals surface area contributed by atoms with E-state index >= 15 is 0 Å². The van der Waals surface area contributed by atoms with Crippen LogP contribution in [0, 0.1) is 17.5 Å². The van der Waals surface area contributed by atoms with Crippen molar-refractivity contribution >= 4 is 17.5 Å². The number of carbonyl (C=O) groups is 2. The molecule has 0 aliphatic rings. The van der Waals surface area contributed by atoms with E-state index in [4.69, 9.17) is 4.74 Å². The Morgan fingerprint density at radius 3 is 2.27 bits per heavy atom. The van der Waals surface area contributed by atoms with Crippen LogP contribution in [0.5, 0.6) is 5.75 Å². The fraction of sp³-hybridized carbons (Fsp3) is 0.0909. The summed E-state index contributed by atoms with van der Waals surface area (Å²) in [5, 5.41) is 4.37. The van der Waals surface area contributed by atoms with Gasteiger partial charge >= 0.3 is 0 Å². The lowest BCUT2D eigenvalue weighted by Crippen LogP contribution is -2.36. The largest absolute Gasteiger partial charge is 0.483 e. The summed E-state index contributed by atoms with van der Waals surface area (Å²) in [5.74, 6) is -5.48. The summed E-state index contributed by atoms with van der Waals surface area (Å²) in [6, 6.07) is 18.2. The molecule has 30 heavy (non-hydrogen) atoms. The van der Waals surface area contributed by atoms with E-state index in [0.29, 0.717) is 11.8 Å². The van der Waals surface area contributed by atoms with Gasteiger partial charge in [-0.25, -0.2) is 13.2 Å². The van der Waals surface area contributed by atoms with Crippen LogP contribution in [0.15, 0.2) is 66.7 Å². The van der Waals surface area contributed by atoms with Gasteiger partial charge in [-0.15, -0.1) is 0 Å². The van der Waals surface area contributed by atoms with Crippen molar-refractivity contribution in [3.8, 4) is 16.9 Å². The number of rotatable bonds is 7. The summed E-state index contributed by atoms with van der Waals surface area (Å²) in [7, 11) is 0.